The number of nitrogen functional groups attached to an aromatic ring is 1. The molecule has 2 unspecified atom stereocenters. The Bertz CT molecular complexity index is 398. The van der Waals surface area contributed by atoms with Crippen LogP contribution in [0.5, 0.6) is 0 Å². The highest BCUT2D eigenvalue weighted by molar-refractivity contribution is 5.46. The zero-order chi connectivity index (χ0) is 14.4. The van der Waals surface area contributed by atoms with Crippen LogP contribution in [0.1, 0.15) is 51.8 Å². The van der Waals surface area contributed by atoms with Gasteiger partial charge >= 0.3 is 0 Å². The van der Waals surface area contributed by atoms with Crippen LogP contribution in [0.2, 0.25) is 0 Å². The first-order chi connectivity index (χ1) is 9.71. The summed E-state index contributed by atoms with van der Waals surface area (Å²) in [5.74, 6) is 9.55. The predicted octanol–water partition coefficient (Wildman–Crippen LogP) is 2.95. The molecule has 1 heterocycles. The van der Waals surface area contributed by atoms with Gasteiger partial charge in [0.15, 0.2) is 0 Å². The lowest BCUT2D eigenvalue weighted by Gasteiger charge is -2.26. The molecular weight excluding hydrogens is 250 g/mol. The molecule has 0 amide bonds. The van der Waals surface area contributed by atoms with Gasteiger partial charge in [-0.15, -0.1) is 0 Å². The van der Waals surface area contributed by atoms with Gasteiger partial charge in [0, 0.05) is 19.0 Å². The number of hydrogen-bond acceptors (Lipinski definition) is 5. The molecule has 0 radical (unpaired) electrons. The predicted molar refractivity (Wildman–Crippen MR) is 83.4 cm³/mol. The normalized spacial score (nSPS) is 22.6. The SMILES string of the molecule is CCc1nc(NN)cc(NCCC2CCCC(C)C2)n1. The smallest absolute Gasteiger partial charge is 0.145 e. The summed E-state index contributed by atoms with van der Waals surface area (Å²) in [6.45, 7) is 5.39. The number of rotatable bonds is 6. The number of aryl methyl sites for hydroxylation is 1. The maximum absolute atomic E-state index is 5.44. The summed E-state index contributed by atoms with van der Waals surface area (Å²) < 4.78 is 0. The van der Waals surface area contributed by atoms with Gasteiger partial charge < -0.3 is 10.7 Å². The quantitative estimate of drug-likeness (QED) is 0.550. The average Bonchev–Trinajstić information content (AvgIpc) is 2.47. The van der Waals surface area contributed by atoms with E-state index in [0.717, 1.165) is 36.4 Å². The van der Waals surface area contributed by atoms with Crippen molar-refractivity contribution in [2.45, 2.75) is 52.4 Å². The topological polar surface area (TPSA) is 75.9 Å². The zero-order valence-corrected chi connectivity index (χ0v) is 12.7. The lowest BCUT2D eigenvalue weighted by Crippen LogP contribution is -2.17. The fourth-order valence-electron chi connectivity index (χ4n) is 3.05. The number of aromatic nitrogens is 2. The highest BCUT2D eigenvalue weighted by Crippen LogP contribution is 2.30. The number of nitrogens with zero attached hydrogens (tertiary/aromatic N) is 2. The molecule has 112 valence electrons. The monoisotopic (exact) mass is 277 g/mol. The van der Waals surface area contributed by atoms with E-state index < -0.39 is 0 Å². The van der Waals surface area contributed by atoms with Crippen molar-refractivity contribution in [3.05, 3.63) is 11.9 Å². The molecule has 0 aromatic carbocycles. The second-order valence-electron chi connectivity index (χ2n) is 5.91. The van der Waals surface area contributed by atoms with Crippen LogP contribution >= 0.6 is 0 Å². The Labute approximate surface area is 121 Å². The molecular formula is C15H27N5. The van der Waals surface area contributed by atoms with Crippen LogP contribution in [0.25, 0.3) is 0 Å². The summed E-state index contributed by atoms with van der Waals surface area (Å²) in [5.41, 5.74) is 2.60. The summed E-state index contributed by atoms with van der Waals surface area (Å²) in [6.07, 6.45) is 7.58. The standard InChI is InChI=1S/C15H27N5/c1-3-13-18-14(10-15(19-13)20-16)17-8-7-12-6-4-5-11(2)9-12/h10-12H,3-9,16H2,1-2H3,(H2,17,18,19,20). The third kappa shape index (κ3) is 4.34. The van der Waals surface area contributed by atoms with E-state index in [1.54, 1.807) is 0 Å². The van der Waals surface area contributed by atoms with Crippen LogP contribution in [0.3, 0.4) is 0 Å². The highest BCUT2D eigenvalue weighted by Gasteiger charge is 2.18. The number of hydrogen-bond donors (Lipinski definition) is 3. The van der Waals surface area contributed by atoms with Gasteiger partial charge in [0.2, 0.25) is 0 Å². The first kappa shape index (κ1) is 15.0. The van der Waals surface area contributed by atoms with Crippen LogP contribution in [0, 0.1) is 11.8 Å². The molecule has 0 aliphatic heterocycles. The number of anilines is 2. The van der Waals surface area contributed by atoms with Crippen LogP contribution in [-0.2, 0) is 6.42 Å². The second kappa shape index (κ2) is 7.43. The molecule has 0 saturated heterocycles. The van der Waals surface area contributed by atoms with Gasteiger partial charge in [0.25, 0.3) is 0 Å². The average molecular weight is 277 g/mol. The molecule has 2 atom stereocenters. The summed E-state index contributed by atoms with van der Waals surface area (Å²) in [7, 11) is 0. The van der Waals surface area contributed by atoms with Crippen LogP contribution < -0.4 is 16.6 Å². The molecule has 2 rings (SSSR count). The van der Waals surface area contributed by atoms with Gasteiger partial charge in [-0.2, -0.15) is 0 Å². The fraction of sp³-hybridized carbons (Fsp3) is 0.733. The van der Waals surface area contributed by atoms with Gasteiger partial charge in [-0.1, -0.05) is 33.1 Å². The molecule has 1 saturated carbocycles. The Hall–Kier alpha value is -1.36. The maximum atomic E-state index is 5.44. The Morgan fingerprint density at radius 1 is 1.30 bits per heavy atom. The number of nitrogens with one attached hydrogen (secondary N) is 2. The lowest BCUT2D eigenvalue weighted by molar-refractivity contribution is 0.274. The van der Waals surface area contributed by atoms with E-state index >= 15 is 0 Å². The first-order valence-electron chi connectivity index (χ1n) is 7.79. The molecule has 1 aliphatic carbocycles. The molecule has 5 heteroatoms. The van der Waals surface area contributed by atoms with Gasteiger partial charge in [-0.05, 0) is 24.7 Å². The number of hydrazine groups is 1. The summed E-state index contributed by atoms with van der Waals surface area (Å²) in [6, 6.07) is 1.86. The van der Waals surface area contributed by atoms with E-state index in [4.69, 9.17) is 5.84 Å². The second-order valence-corrected chi connectivity index (χ2v) is 5.91. The van der Waals surface area contributed by atoms with Crippen molar-refractivity contribution in [3.8, 4) is 0 Å². The van der Waals surface area contributed by atoms with Crippen molar-refractivity contribution >= 4 is 11.6 Å². The molecule has 20 heavy (non-hydrogen) atoms. The fourth-order valence-corrected chi connectivity index (χ4v) is 3.05. The van der Waals surface area contributed by atoms with Gasteiger partial charge in [-0.3, -0.25) is 0 Å². The first-order valence-corrected chi connectivity index (χ1v) is 7.79. The van der Waals surface area contributed by atoms with Crippen molar-refractivity contribution in [2.75, 3.05) is 17.3 Å². The molecule has 4 N–H and O–H groups in total. The van der Waals surface area contributed by atoms with Crippen molar-refractivity contribution in [3.63, 3.8) is 0 Å². The van der Waals surface area contributed by atoms with Crippen molar-refractivity contribution in [2.24, 2.45) is 17.7 Å². The van der Waals surface area contributed by atoms with Crippen molar-refractivity contribution in [1.82, 2.24) is 9.97 Å². The van der Waals surface area contributed by atoms with E-state index in [9.17, 15) is 0 Å². The Morgan fingerprint density at radius 2 is 2.10 bits per heavy atom. The maximum Gasteiger partial charge on any atom is 0.145 e. The Kier molecular flexibility index (Phi) is 5.59. The minimum Gasteiger partial charge on any atom is -0.370 e. The molecule has 1 aliphatic rings. The van der Waals surface area contributed by atoms with E-state index in [2.05, 4.69) is 27.6 Å². The van der Waals surface area contributed by atoms with Crippen LogP contribution in [0.15, 0.2) is 6.07 Å². The highest BCUT2D eigenvalue weighted by atomic mass is 15.3. The van der Waals surface area contributed by atoms with E-state index in [0.29, 0.717) is 5.82 Å². The molecule has 1 fully saturated rings. The van der Waals surface area contributed by atoms with Gasteiger partial charge in [-0.25, -0.2) is 15.8 Å². The van der Waals surface area contributed by atoms with Gasteiger partial charge in [0.1, 0.15) is 17.5 Å². The van der Waals surface area contributed by atoms with Crippen molar-refractivity contribution < 1.29 is 0 Å². The summed E-state index contributed by atoms with van der Waals surface area (Å²) >= 11 is 0. The molecule has 1 aromatic heterocycles. The third-order valence-electron chi connectivity index (χ3n) is 4.14. The summed E-state index contributed by atoms with van der Waals surface area (Å²) in [5, 5.41) is 3.41. The minimum atomic E-state index is 0.672. The van der Waals surface area contributed by atoms with E-state index in [-0.39, 0.29) is 0 Å². The van der Waals surface area contributed by atoms with Crippen LogP contribution in [0.4, 0.5) is 11.6 Å². The summed E-state index contributed by atoms with van der Waals surface area (Å²) in [4.78, 5) is 8.77. The van der Waals surface area contributed by atoms with E-state index in [1.165, 1.54) is 32.1 Å². The van der Waals surface area contributed by atoms with Gasteiger partial charge in [0.05, 0.1) is 0 Å². The van der Waals surface area contributed by atoms with Crippen LogP contribution in [-0.4, -0.2) is 16.5 Å². The third-order valence-corrected chi connectivity index (χ3v) is 4.14. The Morgan fingerprint density at radius 3 is 2.80 bits per heavy atom. The van der Waals surface area contributed by atoms with E-state index in [1.807, 2.05) is 13.0 Å². The zero-order valence-electron chi connectivity index (χ0n) is 12.7. The Balaban J connectivity index is 1.84. The number of nitrogens with two attached hydrogens (primary N) is 1. The molecule has 0 bridgehead atoms. The van der Waals surface area contributed by atoms with Crippen molar-refractivity contribution in [1.29, 1.82) is 0 Å². The lowest BCUT2D eigenvalue weighted by atomic mass is 9.81. The molecule has 1 aromatic rings. The molecule has 0 spiro atoms. The minimum absolute atomic E-state index is 0.672. The largest absolute Gasteiger partial charge is 0.370 e. The molecule has 5 nitrogen and oxygen atoms in total.